The molecule has 1 aliphatic carbocycles. The van der Waals surface area contributed by atoms with Crippen molar-refractivity contribution in [2.75, 3.05) is 13.2 Å². The Morgan fingerprint density at radius 1 is 1.11 bits per heavy atom. The molecular weight excluding hydrogens is 244 g/mol. The largest absolute Gasteiger partial charge is 0.345 e. The molecule has 0 amide bonds. The number of nitrogens with zero attached hydrogens (tertiary/aromatic N) is 2. The number of hydrogen-bond acceptors (Lipinski definition) is 5. The van der Waals surface area contributed by atoms with Crippen LogP contribution in [-0.4, -0.2) is 23.4 Å². The highest BCUT2D eigenvalue weighted by molar-refractivity contribution is 4.97. The Balaban J connectivity index is 2.03. The van der Waals surface area contributed by atoms with Gasteiger partial charge in [0.2, 0.25) is 6.29 Å². The smallest absolute Gasteiger partial charge is 0.283 e. The quantitative estimate of drug-likeness (QED) is 0.583. The van der Waals surface area contributed by atoms with Crippen molar-refractivity contribution in [3.05, 3.63) is 11.7 Å². The molecule has 1 fully saturated rings. The van der Waals surface area contributed by atoms with Crippen LogP contribution in [0.5, 0.6) is 0 Å². The highest BCUT2D eigenvalue weighted by atomic mass is 16.7. The first-order valence-electron chi connectivity index (χ1n) is 7.41. The van der Waals surface area contributed by atoms with Crippen LogP contribution in [0.3, 0.4) is 0 Å². The summed E-state index contributed by atoms with van der Waals surface area (Å²) in [6.45, 7) is 4.97. The second-order valence-corrected chi connectivity index (χ2v) is 4.92. The second kappa shape index (κ2) is 7.60. The van der Waals surface area contributed by atoms with Gasteiger partial charge in [-0.1, -0.05) is 30.8 Å². The Labute approximate surface area is 114 Å². The molecule has 0 aliphatic heterocycles. The zero-order chi connectivity index (χ0) is 13.5. The van der Waals surface area contributed by atoms with Crippen molar-refractivity contribution in [3.8, 4) is 0 Å². The van der Waals surface area contributed by atoms with Crippen LogP contribution >= 0.6 is 0 Å². The summed E-state index contributed by atoms with van der Waals surface area (Å²) in [5.74, 6) is 1.70. The number of ether oxygens (including phenoxy) is 2. The van der Waals surface area contributed by atoms with Gasteiger partial charge in [-0.15, -0.1) is 0 Å². The zero-order valence-electron chi connectivity index (χ0n) is 11.9. The molecule has 2 rings (SSSR count). The van der Waals surface area contributed by atoms with Gasteiger partial charge in [-0.25, -0.2) is 0 Å². The molecule has 5 nitrogen and oxygen atoms in total. The summed E-state index contributed by atoms with van der Waals surface area (Å²) in [6.07, 6.45) is 6.95. The topological polar surface area (TPSA) is 57.4 Å². The number of rotatable bonds is 6. The van der Waals surface area contributed by atoms with Crippen LogP contribution in [0.4, 0.5) is 0 Å². The third-order valence-electron chi connectivity index (χ3n) is 3.52. The van der Waals surface area contributed by atoms with Gasteiger partial charge in [0.25, 0.3) is 5.89 Å². The molecule has 19 heavy (non-hydrogen) atoms. The molecule has 1 aliphatic rings. The fraction of sp³-hybridized carbons (Fsp3) is 0.857. The van der Waals surface area contributed by atoms with Crippen LogP contribution in [0.25, 0.3) is 0 Å². The van der Waals surface area contributed by atoms with Crippen molar-refractivity contribution in [2.24, 2.45) is 0 Å². The first-order valence-corrected chi connectivity index (χ1v) is 7.41. The summed E-state index contributed by atoms with van der Waals surface area (Å²) in [5.41, 5.74) is 0. The van der Waals surface area contributed by atoms with Crippen molar-refractivity contribution in [1.82, 2.24) is 10.1 Å². The summed E-state index contributed by atoms with van der Waals surface area (Å²) < 4.78 is 16.3. The SMILES string of the molecule is CCOC(OCC)c1nc(C2CCCCCC2)no1. The van der Waals surface area contributed by atoms with E-state index >= 15 is 0 Å². The molecule has 5 heteroatoms. The van der Waals surface area contributed by atoms with Crippen molar-refractivity contribution in [3.63, 3.8) is 0 Å². The zero-order valence-corrected chi connectivity index (χ0v) is 11.9. The van der Waals surface area contributed by atoms with Crippen LogP contribution in [0, 0.1) is 0 Å². The van der Waals surface area contributed by atoms with Crippen molar-refractivity contribution < 1.29 is 14.0 Å². The van der Waals surface area contributed by atoms with E-state index in [-0.39, 0.29) is 0 Å². The lowest BCUT2D eigenvalue weighted by Crippen LogP contribution is -2.09. The van der Waals surface area contributed by atoms with Gasteiger partial charge in [-0.3, -0.25) is 0 Å². The van der Waals surface area contributed by atoms with Gasteiger partial charge in [0, 0.05) is 19.1 Å². The van der Waals surface area contributed by atoms with E-state index in [0.29, 0.717) is 25.0 Å². The maximum atomic E-state index is 5.48. The van der Waals surface area contributed by atoms with Crippen molar-refractivity contribution in [2.45, 2.75) is 64.6 Å². The minimum atomic E-state index is -0.526. The molecule has 0 atom stereocenters. The predicted octanol–water partition coefficient (Wildman–Crippen LogP) is 3.58. The lowest BCUT2D eigenvalue weighted by molar-refractivity contribution is -0.155. The molecule has 0 unspecified atom stereocenters. The van der Waals surface area contributed by atoms with Crippen LogP contribution in [-0.2, 0) is 9.47 Å². The van der Waals surface area contributed by atoms with Gasteiger partial charge in [-0.2, -0.15) is 4.98 Å². The van der Waals surface area contributed by atoms with Crippen molar-refractivity contribution >= 4 is 0 Å². The Morgan fingerprint density at radius 2 is 1.74 bits per heavy atom. The fourth-order valence-electron chi connectivity index (χ4n) is 2.54. The Bertz CT molecular complexity index is 337. The van der Waals surface area contributed by atoms with E-state index in [9.17, 15) is 0 Å². The minimum absolute atomic E-state index is 0.434. The van der Waals surface area contributed by atoms with E-state index in [2.05, 4.69) is 10.1 Å². The van der Waals surface area contributed by atoms with Crippen LogP contribution < -0.4 is 0 Å². The molecule has 0 N–H and O–H groups in total. The molecule has 0 spiro atoms. The normalized spacial score (nSPS) is 17.8. The average molecular weight is 268 g/mol. The van der Waals surface area contributed by atoms with Crippen LogP contribution in [0.1, 0.15) is 76.3 Å². The van der Waals surface area contributed by atoms with E-state index in [1.807, 2.05) is 13.8 Å². The predicted molar refractivity (Wildman–Crippen MR) is 70.7 cm³/mol. The summed E-state index contributed by atoms with van der Waals surface area (Å²) in [5, 5.41) is 4.12. The molecule has 0 saturated heterocycles. The van der Waals surface area contributed by atoms with E-state index < -0.39 is 6.29 Å². The Morgan fingerprint density at radius 3 is 2.32 bits per heavy atom. The van der Waals surface area contributed by atoms with E-state index in [0.717, 1.165) is 18.7 Å². The highest BCUT2D eigenvalue weighted by Gasteiger charge is 2.24. The van der Waals surface area contributed by atoms with Gasteiger partial charge < -0.3 is 14.0 Å². The molecular formula is C14H24N2O3. The molecule has 0 radical (unpaired) electrons. The summed E-state index contributed by atoms with van der Waals surface area (Å²) in [4.78, 5) is 4.49. The van der Waals surface area contributed by atoms with E-state index in [4.69, 9.17) is 14.0 Å². The van der Waals surface area contributed by atoms with E-state index in [1.54, 1.807) is 0 Å². The molecule has 0 aromatic carbocycles. The van der Waals surface area contributed by atoms with Gasteiger partial charge in [-0.05, 0) is 26.7 Å². The van der Waals surface area contributed by atoms with Gasteiger partial charge in [0.15, 0.2) is 5.82 Å². The van der Waals surface area contributed by atoms with E-state index in [1.165, 1.54) is 25.7 Å². The van der Waals surface area contributed by atoms with Crippen LogP contribution in [0.15, 0.2) is 4.52 Å². The Hall–Kier alpha value is -0.940. The summed E-state index contributed by atoms with van der Waals surface area (Å²) >= 11 is 0. The fourth-order valence-corrected chi connectivity index (χ4v) is 2.54. The lowest BCUT2D eigenvalue weighted by Gasteiger charge is -2.12. The third-order valence-corrected chi connectivity index (χ3v) is 3.52. The maximum Gasteiger partial charge on any atom is 0.283 e. The standard InChI is InChI=1S/C14H24N2O3/c1-3-17-14(18-4-2)13-15-12(16-19-13)11-9-7-5-6-8-10-11/h11,14H,3-10H2,1-2H3. The van der Waals surface area contributed by atoms with Gasteiger partial charge in [0.05, 0.1) is 0 Å². The minimum Gasteiger partial charge on any atom is -0.345 e. The second-order valence-electron chi connectivity index (χ2n) is 4.92. The van der Waals surface area contributed by atoms with Gasteiger partial charge >= 0.3 is 0 Å². The van der Waals surface area contributed by atoms with Crippen molar-refractivity contribution in [1.29, 1.82) is 0 Å². The molecule has 1 aromatic rings. The lowest BCUT2D eigenvalue weighted by atomic mass is 10.00. The first-order chi connectivity index (χ1) is 9.35. The van der Waals surface area contributed by atoms with Gasteiger partial charge in [0.1, 0.15) is 0 Å². The number of hydrogen-bond donors (Lipinski definition) is 0. The van der Waals surface area contributed by atoms with Crippen LogP contribution in [0.2, 0.25) is 0 Å². The molecule has 0 bridgehead atoms. The molecule has 1 saturated carbocycles. The molecule has 1 heterocycles. The Kier molecular flexibility index (Phi) is 5.79. The summed E-state index contributed by atoms with van der Waals surface area (Å²) in [6, 6.07) is 0. The monoisotopic (exact) mass is 268 g/mol. The third kappa shape index (κ3) is 4.01. The molecule has 1 aromatic heterocycles. The maximum absolute atomic E-state index is 5.48. The highest BCUT2D eigenvalue weighted by Crippen LogP contribution is 2.30. The molecule has 108 valence electrons. The summed E-state index contributed by atoms with van der Waals surface area (Å²) in [7, 11) is 0. The first kappa shape index (κ1) is 14.5. The number of aromatic nitrogens is 2. The average Bonchev–Trinajstić information content (AvgIpc) is 2.74.